The highest BCUT2D eigenvalue weighted by Gasteiger charge is 2.41. The summed E-state index contributed by atoms with van der Waals surface area (Å²) in [7, 11) is -3.61. The molecule has 0 spiro atoms. The molecule has 0 aliphatic carbocycles. The van der Waals surface area contributed by atoms with Gasteiger partial charge in [0.2, 0.25) is 31.0 Å². The molecule has 12 aromatic rings. The van der Waals surface area contributed by atoms with Crippen molar-refractivity contribution in [3.8, 4) is 28.7 Å². The zero-order valence-corrected chi connectivity index (χ0v) is 68.5. The van der Waals surface area contributed by atoms with Gasteiger partial charge in [0.05, 0.1) is 39.5 Å². The second kappa shape index (κ2) is 37.4. The number of rotatable bonds is 30. The first-order chi connectivity index (χ1) is 56.3. The molecule has 4 amide bonds. The van der Waals surface area contributed by atoms with Gasteiger partial charge in [-0.3, -0.25) is 34.2 Å². The van der Waals surface area contributed by atoms with Gasteiger partial charge in [0.25, 0.3) is 28.8 Å². The average molecular weight is 1640 g/mol. The van der Waals surface area contributed by atoms with Gasteiger partial charge in [0, 0.05) is 41.4 Å². The summed E-state index contributed by atoms with van der Waals surface area (Å²) >= 11 is 6.65. The van der Waals surface area contributed by atoms with Gasteiger partial charge < -0.3 is 50.1 Å². The van der Waals surface area contributed by atoms with E-state index in [9.17, 15) is 42.3 Å². The zero-order valence-electron chi connectivity index (χ0n) is 67.0. The number of nitrogens with one attached hydrogen (secondary N) is 6. The van der Waals surface area contributed by atoms with Crippen LogP contribution in [0.4, 0.5) is 23.0 Å². The van der Waals surface area contributed by atoms with Crippen molar-refractivity contribution < 1.29 is 65.7 Å². The van der Waals surface area contributed by atoms with E-state index in [2.05, 4.69) is 62.6 Å². The molecule has 118 heavy (non-hydrogen) atoms. The number of halogens is 1. The normalized spacial score (nSPS) is 12.3. The number of aliphatic carboxylic acids is 1. The van der Waals surface area contributed by atoms with Crippen LogP contribution in [0.2, 0.25) is 5.02 Å². The predicted octanol–water partition coefficient (Wildman–Crippen LogP) is 11.1. The molecule has 612 valence electrons. The molecule has 12 rings (SSSR count). The smallest absolute Gasteiger partial charge is 0.391 e. The molecule has 0 saturated heterocycles. The van der Waals surface area contributed by atoms with E-state index in [0.717, 1.165) is 61.6 Å². The Kier molecular flexibility index (Phi) is 27.1. The van der Waals surface area contributed by atoms with Crippen LogP contribution in [0.5, 0.6) is 23.0 Å². The number of carboxylic acids is 1. The maximum Gasteiger partial charge on any atom is 0.391 e. The van der Waals surface area contributed by atoms with Gasteiger partial charge in [-0.05, 0) is 167 Å². The van der Waals surface area contributed by atoms with Crippen LogP contribution in [0, 0.1) is 60.8 Å². The summed E-state index contributed by atoms with van der Waals surface area (Å²) in [5.41, 5.74) is 6.09. The van der Waals surface area contributed by atoms with Crippen molar-refractivity contribution in [2.75, 3.05) is 54.9 Å². The van der Waals surface area contributed by atoms with Crippen molar-refractivity contribution in [2.24, 2.45) is 10.4 Å². The summed E-state index contributed by atoms with van der Waals surface area (Å²) in [6.45, 7) is 20.8. The Morgan fingerprint density at radius 2 is 1.32 bits per heavy atom. The van der Waals surface area contributed by atoms with Gasteiger partial charge >= 0.3 is 22.1 Å². The Balaban J connectivity index is 0.000000233. The SMILES string of the molecule is CCC(OCNc1ccc(Cl)c(NC(=O)C(c2nc3cc4ccccc4cc3c(=O)n2NC(=O)C(C)(C)C)n2nc(C)nc2C)c1)Oc1ccc(C)cc1C.CNS(=O)(=O)n1c(C(C(=O)Nc2cc(C(=O)NCCOc3ccc(C)cc3C)ccc2OCC(=O)O)n2nc[n+](-c3ccccc3)c2N=COc2ccccc2)nc(C)c(C)c1=O. The van der Waals surface area contributed by atoms with E-state index in [4.69, 9.17) is 40.3 Å². The molecule has 0 bridgehead atoms. The van der Waals surface area contributed by atoms with Gasteiger partial charge in [-0.25, -0.2) is 29.2 Å². The molecule has 32 nitrogen and oxygen atoms in total. The number of anilines is 3. The molecule has 7 N–H and O–H groups in total. The van der Waals surface area contributed by atoms with E-state index in [0.29, 0.717) is 50.4 Å². The summed E-state index contributed by atoms with van der Waals surface area (Å²) in [5.74, 6) is -2.42. The van der Waals surface area contributed by atoms with E-state index in [1.54, 1.807) is 126 Å². The van der Waals surface area contributed by atoms with Crippen molar-refractivity contribution in [1.29, 1.82) is 0 Å². The molecule has 0 saturated carbocycles. The molecule has 3 atom stereocenters. The van der Waals surface area contributed by atoms with E-state index < -0.39 is 87.1 Å². The summed E-state index contributed by atoms with van der Waals surface area (Å²) in [4.78, 5) is 115. The Morgan fingerprint density at radius 3 is 1.96 bits per heavy atom. The summed E-state index contributed by atoms with van der Waals surface area (Å²) in [6.07, 6.45) is 2.52. The number of fused-ring (bicyclic) bond motifs is 2. The summed E-state index contributed by atoms with van der Waals surface area (Å²) in [6, 6.07) is 45.8. The molecule has 34 heteroatoms. The fraction of sp³-hybridized carbons (Fsp3) is 0.262. The van der Waals surface area contributed by atoms with Crippen molar-refractivity contribution in [3.63, 3.8) is 0 Å². The van der Waals surface area contributed by atoms with Crippen LogP contribution in [0.1, 0.15) is 113 Å². The van der Waals surface area contributed by atoms with Crippen LogP contribution in [0.15, 0.2) is 191 Å². The minimum Gasteiger partial charge on any atom is -0.491 e. The van der Waals surface area contributed by atoms with Gasteiger partial charge in [-0.2, -0.15) is 26.7 Å². The topological polar surface area (TPSA) is 393 Å². The monoisotopic (exact) mass is 1640 g/mol. The summed E-state index contributed by atoms with van der Waals surface area (Å²) in [5, 5.41) is 32.2. The second-order valence-electron chi connectivity index (χ2n) is 28.3. The number of hydrogen-bond donors (Lipinski definition) is 7. The molecule has 0 aliphatic heterocycles. The fourth-order valence-corrected chi connectivity index (χ4v) is 13.3. The number of ether oxygens (including phenoxy) is 5. The second-order valence-corrected chi connectivity index (χ2v) is 30.5. The average Bonchev–Trinajstić information content (AvgIpc) is 1.22. The van der Waals surface area contributed by atoms with Crippen LogP contribution in [-0.4, -0.2) is 133 Å². The third-order valence-electron chi connectivity index (χ3n) is 18.4. The number of aliphatic imine (C=N–C) groups is 1. The van der Waals surface area contributed by atoms with E-state index in [-0.39, 0.29) is 76.0 Å². The Morgan fingerprint density at radius 1 is 0.686 bits per heavy atom. The Bertz CT molecular complexity index is 6050. The van der Waals surface area contributed by atoms with Gasteiger partial charge in [-0.1, -0.05) is 145 Å². The molecule has 4 heterocycles. The number of aryl methyl sites for hydroxylation is 7. The van der Waals surface area contributed by atoms with Crippen LogP contribution in [-0.2, 0) is 34.1 Å². The lowest BCUT2D eigenvalue weighted by atomic mass is 9.96. The van der Waals surface area contributed by atoms with E-state index >= 15 is 4.79 Å². The molecule has 0 fully saturated rings. The number of carbonyl (C=O) groups excluding carboxylic acids is 4. The minimum absolute atomic E-state index is 0.0199. The quantitative estimate of drug-likeness (QED) is 0.00549. The molecular weight excluding hydrogens is 1550 g/mol. The third kappa shape index (κ3) is 20.4. The third-order valence-corrected chi connectivity index (χ3v) is 20.1. The lowest BCUT2D eigenvalue weighted by Crippen LogP contribution is -2.44. The number of carboxylic acid groups (broad SMARTS) is 1. The van der Waals surface area contributed by atoms with Crippen LogP contribution in [0.3, 0.4) is 0 Å². The van der Waals surface area contributed by atoms with Crippen LogP contribution >= 0.6 is 11.6 Å². The number of benzene rings is 8. The maximum absolute atomic E-state index is 15.0. The number of carbonyl (C=O) groups is 5. The molecule has 3 unspecified atom stereocenters. The first-order valence-electron chi connectivity index (χ1n) is 37.3. The van der Waals surface area contributed by atoms with Crippen LogP contribution < -0.4 is 66.0 Å². The van der Waals surface area contributed by atoms with Crippen molar-refractivity contribution in [2.45, 2.75) is 108 Å². The lowest BCUT2D eigenvalue weighted by molar-refractivity contribution is -0.582. The number of aromatic nitrogens is 10. The molecule has 0 aliphatic rings. The minimum atomic E-state index is -4.70. The van der Waals surface area contributed by atoms with E-state index in [1.165, 1.54) is 47.6 Å². The largest absolute Gasteiger partial charge is 0.491 e. The highest BCUT2D eigenvalue weighted by molar-refractivity contribution is 7.87. The van der Waals surface area contributed by atoms with Gasteiger partial charge in [-0.15, -0.1) is 0 Å². The van der Waals surface area contributed by atoms with Gasteiger partial charge in [0.15, 0.2) is 24.3 Å². The molecule has 0 radical (unpaired) electrons. The lowest BCUT2D eigenvalue weighted by Gasteiger charge is -2.25. The predicted molar refractivity (Wildman–Crippen MR) is 446 cm³/mol. The molecule has 4 aromatic heterocycles. The highest BCUT2D eigenvalue weighted by Crippen LogP contribution is 2.34. The number of amides is 4. The van der Waals surface area contributed by atoms with E-state index in [1.807, 2.05) is 89.2 Å². The summed E-state index contributed by atoms with van der Waals surface area (Å²) < 4.78 is 64.0. The van der Waals surface area contributed by atoms with Crippen molar-refractivity contribution in [3.05, 3.63) is 264 Å². The first-order valence-corrected chi connectivity index (χ1v) is 39.1. The number of nitrogens with zero attached hydrogens (tertiary/aromatic N) is 11. The van der Waals surface area contributed by atoms with Gasteiger partial charge in [0.1, 0.15) is 48.0 Å². The zero-order chi connectivity index (χ0) is 84.9. The maximum atomic E-state index is 15.0. The highest BCUT2D eigenvalue weighted by atomic mass is 35.5. The number of para-hydroxylation sites is 2. The van der Waals surface area contributed by atoms with Crippen molar-refractivity contribution in [1.82, 2.24) is 53.2 Å². The Labute approximate surface area is 684 Å². The number of hydrogen-bond acceptors (Lipinski definition) is 21. The van der Waals surface area contributed by atoms with Crippen molar-refractivity contribution >= 4 is 102 Å². The standard InChI is InChI=1S/C43H43N9O10S.C41H45ClN8O5/c1-27-16-18-35(28(2)22-27)60-21-20-45-40(55)31-17-19-36(61-24-37(53)54)34(23-31)49-41(56)38(39-48-30(4)29(3)42(57)52(39)63(58,59)44-5)51-43(46-26-62-33-14-10-7-11-15-33)50(25-47-51)32-12-8-6-9-13-32;1-9-35(55-34-17-14-23(2)18-24(34)3)54-22-43-29-15-16-31(42)33(21-29)46-38(51)36(49-26(5)44-25(4)47-49)37-45-32-20-28-13-11-10-12-27(28)19-30(32)39(52)50(37)48-40(53)41(6,7)8/h6-19,22-23,25-26,38,44H,20-21,24H2,1-5H3,(H2-,45,49,53,54,55,56);10-21,35-36,43H,9,22H2,1-8H3,(H,46,51)(H,48,53)/p+1. The Hall–Kier alpha value is -13.5. The molecule has 8 aromatic carbocycles. The fourth-order valence-electron chi connectivity index (χ4n) is 12.2. The van der Waals surface area contributed by atoms with Crippen LogP contribution in [0.25, 0.3) is 27.4 Å². The molecular formula is C84H89ClN17O15S+. The first kappa shape index (κ1) is 85.4.